The highest BCUT2D eigenvalue weighted by molar-refractivity contribution is 5.93. The molecule has 2 aromatic heterocycles. The third-order valence-corrected chi connectivity index (χ3v) is 2.56. The van der Waals surface area contributed by atoms with Gasteiger partial charge in [-0.2, -0.15) is 0 Å². The van der Waals surface area contributed by atoms with Gasteiger partial charge in [-0.3, -0.25) is 4.79 Å². The van der Waals surface area contributed by atoms with Crippen LogP contribution in [0, 0.1) is 0 Å². The third kappa shape index (κ3) is 2.86. The topological polar surface area (TPSA) is 126 Å². The van der Waals surface area contributed by atoms with E-state index in [1.54, 1.807) is 12.1 Å². The predicted molar refractivity (Wildman–Crippen MR) is 64.8 cm³/mol. The molecular weight excluding hydrogens is 268 g/mol. The number of carbonyl (C=O) groups excluding carboxylic acids is 1. The zero-order valence-electron chi connectivity index (χ0n) is 10.5. The summed E-state index contributed by atoms with van der Waals surface area (Å²) in [7, 11) is 0. The molecule has 0 bridgehead atoms. The summed E-state index contributed by atoms with van der Waals surface area (Å²) in [6.45, 7) is 0.622. The first kappa shape index (κ1) is 13.8. The molecule has 1 amide bonds. The van der Waals surface area contributed by atoms with Gasteiger partial charge in [-0.25, -0.2) is 4.79 Å². The second-order valence-electron chi connectivity index (χ2n) is 4.32. The molecule has 0 aliphatic carbocycles. The van der Waals surface area contributed by atoms with Crippen LogP contribution < -0.4 is 5.32 Å². The molecule has 1 atom stereocenters. The maximum absolute atomic E-state index is 11.7. The van der Waals surface area contributed by atoms with Crippen molar-refractivity contribution in [3.8, 4) is 11.5 Å². The molecule has 1 unspecified atom stereocenters. The molecular formula is C12H12N2O6. The van der Waals surface area contributed by atoms with E-state index >= 15 is 0 Å². The van der Waals surface area contributed by atoms with Crippen molar-refractivity contribution in [1.82, 2.24) is 10.5 Å². The van der Waals surface area contributed by atoms with Gasteiger partial charge in [-0.05, 0) is 19.1 Å². The van der Waals surface area contributed by atoms with Crippen LogP contribution >= 0.6 is 0 Å². The lowest BCUT2D eigenvalue weighted by Crippen LogP contribution is -2.46. The molecule has 20 heavy (non-hydrogen) atoms. The van der Waals surface area contributed by atoms with E-state index in [4.69, 9.17) is 14.0 Å². The number of nitrogens with one attached hydrogen (secondary N) is 1. The Labute approximate surface area is 113 Å². The van der Waals surface area contributed by atoms with Gasteiger partial charge in [0.05, 0.1) is 12.8 Å². The number of carboxylic acids is 1. The Hall–Kier alpha value is -2.61. The highest BCUT2D eigenvalue weighted by Gasteiger charge is 2.30. The lowest BCUT2D eigenvalue weighted by Gasteiger charge is -2.17. The van der Waals surface area contributed by atoms with Crippen molar-refractivity contribution in [2.24, 2.45) is 0 Å². The molecule has 106 valence electrons. The van der Waals surface area contributed by atoms with E-state index < -0.39 is 24.0 Å². The number of hydrogen-bond acceptors (Lipinski definition) is 6. The minimum absolute atomic E-state index is 0.0439. The number of amides is 1. The van der Waals surface area contributed by atoms with E-state index in [0.717, 1.165) is 6.92 Å². The fourth-order valence-electron chi connectivity index (χ4n) is 1.34. The van der Waals surface area contributed by atoms with Gasteiger partial charge in [0.1, 0.15) is 0 Å². The number of carbonyl (C=O) groups is 2. The Morgan fingerprint density at radius 3 is 2.80 bits per heavy atom. The van der Waals surface area contributed by atoms with Crippen molar-refractivity contribution >= 4 is 11.9 Å². The fraction of sp³-hybridized carbons (Fsp3) is 0.250. The van der Waals surface area contributed by atoms with E-state index in [0.29, 0.717) is 5.76 Å². The van der Waals surface area contributed by atoms with Gasteiger partial charge in [0.2, 0.25) is 5.76 Å². The molecule has 3 N–H and O–H groups in total. The smallest absolute Gasteiger partial charge is 0.337 e. The molecule has 0 saturated carbocycles. The van der Waals surface area contributed by atoms with Gasteiger partial charge >= 0.3 is 5.97 Å². The molecule has 0 spiro atoms. The maximum Gasteiger partial charge on any atom is 0.337 e. The first-order valence-corrected chi connectivity index (χ1v) is 5.65. The van der Waals surface area contributed by atoms with Crippen LogP contribution in [0.4, 0.5) is 0 Å². The quantitative estimate of drug-likeness (QED) is 0.727. The summed E-state index contributed by atoms with van der Waals surface area (Å²) in [5.74, 6) is -1.42. The molecule has 0 saturated heterocycles. The van der Waals surface area contributed by atoms with Gasteiger partial charge in [-0.1, -0.05) is 5.16 Å². The summed E-state index contributed by atoms with van der Waals surface area (Å²) in [6, 6.07) is 4.64. The van der Waals surface area contributed by atoms with Gasteiger partial charge in [0.15, 0.2) is 17.1 Å². The minimum Gasteiger partial charge on any atom is -0.479 e. The number of aliphatic hydroxyl groups is 1. The van der Waals surface area contributed by atoms with Gasteiger partial charge in [-0.15, -0.1) is 0 Å². The van der Waals surface area contributed by atoms with Crippen LogP contribution in [0.5, 0.6) is 0 Å². The van der Waals surface area contributed by atoms with Crippen molar-refractivity contribution < 1.29 is 28.7 Å². The Morgan fingerprint density at radius 1 is 1.45 bits per heavy atom. The van der Waals surface area contributed by atoms with Crippen LogP contribution in [0.3, 0.4) is 0 Å². The average molecular weight is 280 g/mol. The Balaban J connectivity index is 2.02. The van der Waals surface area contributed by atoms with E-state index in [2.05, 4.69) is 10.5 Å². The second kappa shape index (κ2) is 5.17. The molecule has 0 radical (unpaired) electrons. The van der Waals surface area contributed by atoms with Crippen LogP contribution in [-0.4, -0.2) is 39.4 Å². The number of aliphatic carboxylic acids is 1. The SMILES string of the molecule is CC(O)(CNC(=O)c1cc(-c2ccco2)on1)C(=O)O. The zero-order chi connectivity index (χ0) is 14.8. The van der Waals surface area contributed by atoms with Crippen LogP contribution in [0.15, 0.2) is 33.4 Å². The highest BCUT2D eigenvalue weighted by atomic mass is 16.5. The Kier molecular flexibility index (Phi) is 3.57. The molecule has 2 aromatic rings. The number of rotatable bonds is 5. The van der Waals surface area contributed by atoms with Crippen LogP contribution in [-0.2, 0) is 4.79 Å². The summed E-state index contributed by atoms with van der Waals surface area (Å²) in [5, 5.41) is 24.0. The number of nitrogens with zero attached hydrogens (tertiary/aromatic N) is 1. The Morgan fingerprint density at radius 2 is 2.20 bits per heavy atom. The highest BCUT2D eigenvalue weighted by Crippen LogP contribution is 2.20. The van der Waals surface area contributed by atoms with E-state index in [9.17, 15) is 14.7 Å². The normalized spacial score (nSPS) is 13.7. The van der Waals surface area contributed by atoms with E-state index in [1.807, 2.05) is 0 Å². The molecule has 8 heteroatoms. The molecule has 8 nitrogen and oxygen atoms in total. The van der Waals surface area contributed by atoms with Crippen molar-refractivity contribution in [1.29, 1.82) is 0 Å². The van der Waals surface area contributed by atoms with Gasteiger partial charge in [0, 0.05) is 6.07 Å². The molecule has 0 aromatic carbocycles. The zero-order valence-corrected chi connectivity index (χ0v) is 10.5. The third-order valence-electron chi connectivity index (χ3n) is 2.56. The van der Waals surface area contributed by atoms with Crippen molar-refractivity contribution in [2.45, 2.75) is 12.5 Å². The number of carboxylic acid groups (broad SMARTS) is 1. The lowest BCUT2D eigenvalue weighted by atomic mass is 10.1. The summed E-state index contributed by atoms with van der Waals surface area (Å²) in [4.78, 5) is 22.4. The van der Waals surface area contributed by atoms with Crippen molar-refractivity contribution in [3.63, 3.8) is 0 Å². The Bertz CT molecular complexity index is 614. The standard InChI is InChI=1S/C12H12N2O6/c1-12(18,11(16)17)6-13-10(15)7-5-9(20-14-7)8-3-2-4-19-8/h2-5,18H,6H2,1H3,(H,13,15)(H,16,17). The summed E-state index contributed by atoms with van der Waals surface area (Å²) >= 11 is 0. The summed E-state index contributed by atoms with van der Waals surface area (Å²) < 4.78 is 10.0. The molecule has 0 fully saturated rings. The monoisotopic (exact) mass is 280 g/mol. The summed E-state index contributed by atoms with van der Waals surface area (Å²) in [5.41, 5.74) is -2.10. The van der Waals surface area contributed by atoms with Crippen LogP contribution in [0.2, 0.25) is 0 Å². The number of furan rings is 1. The maximum atomic E-state index is 11.7. The largest absolute Gasteiger partial charge is 0.479 e. The second-order valence-corrected chi connectivity index (χ2v) is 4.32. The van der Waals surface area contributed by atoms with Crippen molar-refractivity contribution in [2.75, 3.05) is 6.54 Å². The molecule has 0 aliphatic rings. The number of hydrogen-bond donors (Lipinski definition) is 3. The van der Waals surface area contributed by atoms with Gasteiger partial charge in [0.25, 0.3) is 5.91 Å². The number of aromatic nitrogens is 1. The first-order chi connectivity index (χ1) is 9.40. The molecule has 2 rings (SSSR count). The first-order valence-electron chi connectivity index (χ1n) is 5.65. The predicted octanol–water partition coefficient (Wildman–Crippen LogP) is 0.500. The van der Waals surface area contributed by atoms with E-state index in [-0.39, 0.29) is 11.5 Å². The van der Waals surface area contributed by atoms with Gasteiger partial charge < -0.3 is 24.5 Å². The average Bonchev–Trinajstić information content (AvgIpc) is 3.05. The molecule has 2 heterocycles. The lowest BCUT2D eigenvalue weighted by molar-refractivity contribution is -0.155. The minimum atomic E-state index is -2.05. The fourth-order valence-corrected chi connectivity index (χ4v) is 1.34. The van der Waals surface area contributed by atoms with Crippen LogP contribution in [0.1, 0.15) is 17.4 Å². The molecule has 0 aliphatic heterocycles. The van der Waals surface area contributed by atoms with Crippen LogP contribution in [0.25, 0.3) is 11.5 Å². The van der Waals surface area contributed by atoms with E-state index in [1.165, 1.54) is 12.3 Å². The summed E-state index contributed by atoms with van der Waals surface area (Å²) in [6.07, 6.45) is 1.45. The van der Waals surface area contributed by atoms with Crippen molar-refractivity contribution in [3.05, 3.63) is 30.2 Å².